The van der Waals surface area contributed by atoms with Crippen LogP contribution < -0.4 is 0 Å². The van der Waals surface area contributed by atoms with E-state index in [1.54, 1.807) is 6.07 Å². The van der Waals surface area contributed by atoms with E-state index in [1.807, 2.05) is 0 Å². The SMILES string of the molecule is CN(CC(=O)N1N=C(c2ccc(F)cc2)CC1c1cccc([N+](=O)[O-])c1)C(=O)c1cccc(F)c1. The zero-order valence-electron chi connectivity index (χ0n) is 18.6. The third kappa shape index (κ3) is 5.21. The second kappa shape index (κ2) is 9.80. The Morgan fingerprint density at radius 1 is 1.06 bits per heavy atom. The van der Waals surface area contributed by atoms with Crippen molar-refractivity contribution >= 4 is 23.2 Å². The van der Waals surface area contributed by atoms with Crippen LogP contribution in [0.3, 0.4) is 0 Å². The number of nitro groups is 1. The number of rotatable bonds is 6. The molecule has 3 aromatic rings. The molecular weight excluding hydrogens is 458 g/mol. The van der Waals surface area contributed by atoms with Crippen LogP contribution in [0.25, 0.3) is 0 Å². The topological polar surface area (TPSA) is 96.1 Å². The Bertz CT molecular complexity index is 1330. The highest BCUT2D eigenvalue weighted by Crippen LogP contribution is 2.34. The molecule has 0 fully saturated rings. The van der Waals surface area contributed by atoms with Crippen LogP contribution in [0.2, 0.25) is 0 Å². The standard InChI is InChI=1S/C25H20F2N4O4/c1-29(25(33)18-5-2-6-20(27)12-18)15-24(32)30-23(17-4-3-7-21(13-17)31(34)35)14-22(28-30)16-8-10-19(26)11-9-16/h2-13,23H,14-15H2,1H3. The van der Waals surface area contributed by atoms with Gasteiger partial charge in [0.05, 0.1) is 16.7 Å². The quantitative estimate of drug-likeness (QED) is 0.389. The van der Waals surface area contributed by atoms with Crippen molar-refractivity contribution in [2.45, 2.75) is 12.5 Å². The number of non-ortho nitro benzene ring substituents is 1. The number of hydrogen-bond acceptors (Lipinski definition) is 5. The first kappa shape index (κ1) is 23.7. The van der Waals surface area contributed by atoms with Crippen LogP contribution in [0.4, 0.5) is 14.5 Å². The van der Waals surface area contributed by atoms with Crippen molar-refractivity contribution < 1.29 is 23.3 Å². The van der Waals surface area contributed by atoms with E-state index in [1.165, 1.54) is 72.7 Å². The molecule has 1 aliphatic rings. The van der Waals surface area contributed by atoms with Gasteiger partial charge in [0.25, 0.3) is 17.5 Å². The zero-order valence-corrected chi connectivity index (χ0v) is 18.6. The maximum absolute atomic E-state index is 13.5. The molecule has 2 amide bonds. The van der Waals surface area contributed by atoms with E-state index in [0.29, 0.717) is 16.8 Å². The van der Waals surface area contributed by atoms with Crippen molar-refractivity contribution in [2.24, 2.45) is 5.10 Å². The van der Waals surface area contributed by atoms with E-state index < -0.39 is 34.4 Å². The largest absolute Gasteiger partial charge is 0.332 e. The lowest BCUT2D eigenvalue weighted by Crippen LogP contribution is -2.39. The van der Waals surface area contributed by atoms with Crippen LogP contribution in [0.15, 0.2) is 77.9 Å². The first-order valence-corrected chi connectivity index (χ1v) is 10.6. The van der Waals surface area contributed by atoms with Gasteiger partial charge in [-0.05, 0) is 41.5 Å². The second-order valence-corrected chi connectivity index (χ2v) is 8.04. The summed E-state index contributed by atoms with van der Waals surface area (Å²) in [7, 11) is 1.41. The second-order valence-electron chi connectivity index (χ2n) is 8.04. The lowest BCUT2D eigenvalue weighted by Gasteiger charge is -2.25. The first-order valence-electron chi connectivity index (χ1n) is 10.6. The van der Waals surface area contributed by atoms with Crippen LogP contribution in [0, 0.1) is 21.7 Å². The molecule has 10 heteroatoms. The average Bonchev–Trinajstić information content (AvgIpc) is 3.30. The summed E-state index contributed by atoms with van der Waals surface area (Å²) in [6.45, 7) is -0.360. The number of nitro benzene ring substituents is 1. The molecule has 8 nitrogen and oxygen atoms in total. The fourth-order valence-electron chi connectivity index (χ4n) is 3.85. The van der Waals surface area contributed by atoms with E-state index in [-0.39, 0.29) is 24.2 Å². The number of carbonyl (C=O) groups excluding carboxylic acids is 2. The van der Waals surface area contributed by atoms with Crippen LogP contribution in [-0.4, -0.2) is 46.0 Å². The third-order valence-electron chi connectivity index (χ3n) is 5.60. The van der Waals surface area contributed by atoms with Gasteiger partial charge in [-0.1, -0.05) is 30.3 Å². The minimum atomic E-state index is -0.667. The Morgan fingerprint density at radius 3 is 2.46 bits per heavy atom. The van der Waals surface area contributed by atoms with Gasteiger partial charge in [-0.3, -0.25) is 19.7 Å². The van der Waals surface area contributed by atoms with Crippen molar-refractivity contribution in [1.82, 2.24) is 9.91 Å². The Hall–Kier alpha value is -4.47. The van der Waals surface area contributed by atoms with E-state index in [2.05, 4.69) is 5.10 Å². The number of halogens is 2. The van der Waals surface area contributed by atoms with E-state index in [9.17, 15) is 28.5 Å². The van der Waals surface area contributed by atoms with Crippen molar-refractivity contribution in [3.05, 3.63) is 111 Å². The summed E-state index contributed by atoms with van der Waals surface area (Å²) in [4.78, 5) is 37.8. The molecule has 0 N–H and O–H groups in total. The molecule has 1 atom stereocenters. The number of nitrogens with zero attached hydrogens (tertiary/aromatic N) is 4. The summed E-state index contributed by atoms with van der Waals surface area (Å²) in [5, 5.41) is 16.9. The maximum atomic E-state index is 13.5. The molecule has 0 spiro atoms. The average molecular weight is 478 g/mol. The predicted octanol–water partition coefficient (Wildman–Crippen LogP) is 4.32. The number of amides is 2. The zero-order chi connectivity index (χ0) is 25.1. The molecule has 0 bridgehead atoms. The van der Waals surface area contributed by atoms with Gasteiger partial charge < -0.3 is 4.90 Å². The Labute approximate surface area is 199 Å². The Balaban J connectivity index is 1.62. The van der Waals surface area contributed by atoms with E-state index in [4.69, 9.17) is 0 Å². The molecule has 0 saturated heterocycles. The molecule has 0 saturated carbocycles. The van der Waals surface area contributed by atoms with E-state index in [0.717, 1.165) is 11.0 Å². The molecule has 0 radical (unpaired) electrons. The highest BCUT2D eigenvalue weighted by molar-refractivity contribution is 6.03. The van der Waals surface area contributed by atoms with Gasteiger partial charge in [0.1, 0.15) is 18.2 Å². The van der Waals surface area contributed by atoms with Crippen LogP contribution in [0.5, 0.6) is 0 Å². The highest BCUT2D eigenvalue weighted by atomic mass is 19.1. The summed E-state index contributed by atoms with van der Waals surface area (Å²) >= 11 is 0. The molecule has 0 aliphatic carbocycles. The van der Waals surface area contributed by atoms with Gasteiger partial charge in [0.15, 0.2) is 0 Å². The van der Waals surface area contributed by atoms with Crippen LogP contribution in [-0.2, 0) is 4.79 Å². The number of benzene rings is 3. The van der Waals surface area contributed by atoms with Crippen molar-refractivity contribution in [3.8, 4) is 0 Å². The summed E-state index contributed by atoms with van der Waals surface area (Å²) in [5.74, 6) is -2.08. The van der Waals surface area contributed by atoms with Crippen molar-refractivity contribution in [1.29, 1.82) is 0 Å². The van der Waals surface area contributed by atoms with Gasteiger partial charge in [0.2, 0.25) is 0 Å². The van der Waals surface area contributed by atoms with Crippen molar-refractivity contribution in [2.75, 3.05) is 13.6 Å². The minimum Gasteiger partial charge on any atom is -0.332 e. The predicted molar refractivity (Wildman–Crippen MR) is 124 cm³/mol. The van der Waals surface area contributed by atoms with Gasteiger partial charge in [-0.15, -0.1) is 0 Å². The molecule has 1 aliphatic heterocycles. The molecule has 35 heavy (non-hydrogen) atoms. The van der Waals surface area contributed by atoms with Crippen molar-refractivity contribution in [3.63, 3.8) is 0 Å². The van der Waals surface area contributed by atoms with Gasteiger partial charge in [-0.25, -0.2) is 13.8 Å². The maximum Gasteiger partial charge on any atom is 0.269 e. The number of hydrazone groups is 1. The summed E-state index contributed by atoms with van der Waals surface area (Å²) in [6.07, 6.45) is 0.236. The molecule has 1 unspecified atom stereocenters. The van der Waals surface area contributed by atoms with Crippen LogP contribution in [0.1, 0.15) is 33.9 Å². The summed E-state index contributed by atoms with van der Waals surface area (Å²) in [5.41, 5.74) is 1.54. The number of carbonyl (C=O) groups is 2. The number of likely N-dealkylation sites (N-methyl/N-ethyl adjacent to an activating group) is 1. The Kier molecular flexibility index (Phi) is 6.63. The first-order chi connectivity index (χ1) is 16.7. The molecule has 3 aromatic carbocycles. The smallest absolute Gasteiger partial charge is 0.269 e. The highest BCUT2D eigenvalue weighted by Gasteiger charge is 2.34. The Morgan fingerprint density at radius 2 is 1.77 bits per heavy atom. The fraction of sp³-hybridized carbons (Fsp3) is 0.160. The monoisotopic (exact) mass is 478 g/mol. The fourth-order valence-corrected chi connectivity index (χ4v) is 3.85. The molecule has 1 heterocycles. The minimum absolute atomic E-state index is 0.0902. The lowest BCUT2D eigenvalue weighted by molar-refractivity contribution is -0.385. The molecule has 178 valence electrons. The summed E-state index contributed by atoms with van der Waals surface area (Å²) in [6, 6.07) is 16.0. The van der Waals surface area contributed by atoms with Gasteiger partial charge in [-0.2, -0.15) is 5.10 Å². The molecule has 4 rings (SSSR count). The third-order valence-corrected chi connectivity index (χ3v) is 5.60. The lowest BCUT2D eigenvalue weighted by atomic mass is 9.98. The van der Waals surface area contributed by atoms with Gasteiger partial charge in [0, 0.05) is 31.2 Å². The van der Waals surface area contributed by atoms with E-state index >= 15 is 0 Å². The molecule has 0 aromatic heterocycles. The van der Waals surface area contributed by atoms with Crippen LogP contribution >= 0.6 is 0 Å². The van der Waals surface area contributed by atoms with Gasteiger partial charge >= 0.3 is 0 Å². The normalized spacial score (nSPS) is 15.0. The summed E-state index contributed by atoms with van der Waals surface area (Å²) < 4.78 is 26.9. The molecular formula is C25H20F2N4O4. The number of hydrogen-bond donors (Lipinski definition) is 0.